The highest BCUT2D eigenvalue weighted by Crippen LogP contribution is 2.38. The van der Waals surface area contributed by atoms with Gasteiger partial charge < -0.3 is 10.2 Å². The van der Waals surface area contributed by atoms with Gasteiger partial charge in [-0.25, -0.2) is 0 Å². The minimum atomic E-state index is -0.443. The van der Waals surface area contributed by atoms with E-state index in [9.17, 15) is 4.79 Å². The lowest BCUT2D eigenvalue weighted by molar-refractivity contribution is -0.135. The Labute approximate surface area is 173 Å². The van der Waals surface area contributed by atoms with Crippen molar-refractivity contribution in [3.63, 3.8) is 0 Å². The minimum Gasteiger partial charge on any atom is -0.348 e. The Hall–Kier alpha value is -2.17. The fraction of sp³-hybridized carbons (Fsp3) is 0.480. The van der Waals surface area contributed by atoms with Crippen molar-refractivity contribution in [2.24, 2.45) is 0 Å². The fourth-order valence-electron chi connectivity index (χ4n) is 5.61. The number of hydrogen-bond acceptors (Lipinski definition) is 3. The van der Waals surface area contributed by atoms with Crippen LogP contribution >= 0.6 is 0 Å². The standard InChI is InChI=1S/C25H31N3O/c1-2-27-13-15-28(16-14-27)25(17-20-8-3-4-9-21(20)18-25)24(29)26-23-12-11-19-7-5-6-10-22(19)23/h3-10,23H,2,11-18H2,1H3,(H,26,29). The average Bonchev–Trinajstić information content (AvgIpc) is 3.36. The molecule has 1 amide bonds. The summed E-state index contributed by atoms with van der Waals surface area (Å²) in [5.41, 5.74) is 4.93. The lowest BCUT2D eigenvalue weighted by atomic mass is 9.90. The van der Waals surface area contributed by atoms with Gasteiger partial charge in [0.15, 0.2) is 0 Å². The van der Waals surface area contributed by atoms with Crippen molar-refractivity contribution in [1.29, 1.82) is 0 Å². The van der Waals surface area contributed by atoms with Gasteiger partial charge in [-0.15, -0.1) is 0 Å². The third-order valence-corrected chi connectivity index (χ3v) is 7.37. The highest BCUT2D eigenvalue weighted by atomic mass is 16.2. The summed E-state index contributed by atoms with van der Waals surface area (Å²) < 4.78 is 0. The van der Waals surface area contributed by atoms with E-state index in [2.05, 4.69) is 70.6 Å². The second-order valence-corrected chi connectivity index (χ2v) is 8.84. The summed E-state index contributed by atoms with van der Waals surface area (Å²) in [6, 6.07) is 17.4. The van der Waals surface area contributed by atoms with Crippen LogP contribution in [-0.4, -0.2) is 54.0 Å². The first-order chi connectivity index (χ1) is 14.2. The third-order valence-electron chi connectivity index (χ3n) is 7.37. The number of carbonyl (C=O) groups is 1. The summed E-state index contributed by atoms with van der Waals surface area (Å²) in [5.74, 6) is 0.223. The fourth-order valence-corrected chi connectivity index (χ4v) is 5.61. The Morgan fingerprint density at radius 2 is 1.59 bits per heavy atom. The maximum absolute atomic E-state index is 13.9. The molecule has 4 heteroatoms. The number of aryl methyl sites for hydroxylation is 1. The molecule has 0 radical (unpaired) electrons. The van der Waals surface area contributed by atoms with Gasteiger partial charge in [0.25, 0.3) is 0 Å². The van der Waals surface area contributed by atoms with Gasteiger partial charge in [-0.05, 0) is 41.6 Å². The Morgan fingerprint density at radius 3 is 2.24 bits per heavy atom. The molecule has 1 atom stereocenters. The van der Waals surface area contributed by atoms with Crippen LogP contribution in [-0.2, 0) is 24.1 Å². The predicted molar refractivity (Wildman–Crippen MR) is 116 cm³/mol. The molecule has 1 aliphatic heterocycles. The molecular formula is C25H31N3O. The quantitative estimate of drug-likeness (QED) is 0.873. The molecule has 0 bridgehead atoms. The number of likely N-dealkylation sites (N-methyl/N-ethyl adjacent to an activating group) is 1. The van der Waals surface area contributed by atoms with Crippen LogP contribution in [0.5, 0.6) is 0 Å². The Balaban J connectivity index is 1.42. The SMILES string of the molecule is CCN1CCN(C2(C(=O)NC3CCc4ccccc43)Cc3ccccc3C2)CC1. The maximum Gasteiger partial charge on any atom is 0.241 e. The highest BCUT2D eigenvalue weighted by molar-refractivity contribution is 5.88. The molecule has 1 heterocycles. The lowest BCUT2D eigenvalue weighted by Crippen LogP contribution is -2.64. The first-order valence-electron chi connectivity index (χ1n) is 11.1. The molecular weight excluding hydrogens is 358 g/mol. The number of carbonyl (C=O) groups excluding carboxylic acids is 1. The molecule has 2 aliphatic carbocycles. The summed E-state index contributed by atoms with van der Waals surface area (Å²) in [6.07, 6.45) is 3.73. The summed E-state index contributed by atoms with van der Waals surface area (Å²) in [4.78, 5) is 18.9. The number of amides is 1. The van der Waals surface area contributed by atoms with Gasteiger partial charge in [-0.3, -0.25) is 9.69 Å². The lowest BCUT2D eigenvalue weighted by Gasteiger charge is -2.45. The molecule has 1 N–H and O–H groups in total. The number of nitrogens with one attached hydrogen (secondary N) is 1. The molecule has 5 rings (SSSR count). The van der Waals surface area contributed by atoms with E-state index in [0.717, 1.165) is 58.4 Å². The second-order valence-electron chi connectivity index (χ2n) is 8.84. The molecule has 2 aromatic carbocycles. The van der Waals surface area contributed by atoms with Crippen molar-refractivity contribution in [3.8, 4) is 0 Å². The molecule has 4 nitrogen and oxygen atoms in total. The Bertz CT molecular complexity index is 875. The van der Waals surface area contributed by atoms with Crippen LogP contribution in [0, 0.1) is 0 Å². The van der Waals surface area contributed by atoms with Gasteiger partial charge in [0.2, 0.25) is 5.91 Å². The largest absolute Gasteiger partial charge is 0.348 e. The molecule has 1 saturated heterocycles. The number of benzene rings is 2. The molecule has 0 spiro atoms. The third kappa shape index (κ3) is 3.28. The van der Waals surface area contributed by atoms with E-state index in [-0.39, 0.29) is 11.9 Å². The van der Waals surface area contributed by atoms with Gasteiger partial charge in [0.05, 0.1) is 6.04 Å². The van der Waals surface area contributed by atoms with E-state index in [0.29, 0.717) is 0 Å². The van der Waals surface area contributed by atoms with Gasteiger partial charge in [-0.2, -0.15) is 0 Å². The topological polar surface area (TPSA) is 35.6 Å². The van der Waals surface area contributed by atoms with Crippen LogP contribution in [0.2, 0.25) is 0 Å². The van der Waals surface area contributed by atoms with Crippen molar-refractivity contribution < 1.29 is 4.79 Å². The summed E-state index contributed by atoms with van der Waals surface area (Å²) in [6.45, 7) is 7.35. The zero-order chi connectivity index (χ0) is 19.8. The number of nitrogens with zero attached hydrogens (tertiary/aromatic N) is 2. The van der Waals surface area contributed by atoms with Gasteiger partial charge >= 0.3 is 0 Å². The predicted octanol–water partition coefficient (Wildman–Crippen LogP) is 2.97. The second kappa shape index (κ2) is 7.58. The van der Waals surface area contributed by atoms with E-state index < -0.39 is 5.54 Å². The zero-order valence-electron chi connectivity index (χ0n) is 17.4. The monoisotopic (exact) mass is 389 g/mol. The molecule has 0 saturated carbocycles. The number of fused-ring (bicyclic) bond motifs is 2. The normalized spacial score (nSPS) is 23.6. The first-order valence-corrected chi connectivity index (χ1v) is 11.1. The van der Waals surface area contributed by atoms with Crippen molar-refractivity contribution in [1.82, 2.24) is 15.1 Å². The van der Waals surface area contributed by atoms with Crippen LogP contribution in [0.3, 0.4) is 0 Å². The molecule has 29 heavy (non-hydrogen) atoms. The van der Waals surface area contributed by atoms with E-state index in [1.807, 2.05) is 0 Å². The molecule has 2 aromatic rings. The average molecular weight is 390 g/mol. The van der Waals surface area contributed by atoms with Crippen LogP contribution in [0.1, 0.15) is 41.6 Å². The van der Waals surface area contributed by atoms with Crippen molar-refractivity contribution in [2.75, 3.05) is 32.7 Å². The van der Waals surface area contributed by atoms with Gasteiger partial charge in [0.1, 0.15) is 5.54 Å². The Kier molecular flexibility index (Phi) is 4.92. The van der Waals surface area contributed by atoms with Crippen LogP contribution in [0.4, 0.5) is 0 Å². The van der Waals surface area contributed by atoms with Crippen molar-refractivity contribution >= 4 is 5.91 Å². The first kappa shape index (κ1) is 18.8. The van der Waals surface area contributed by atoms with Gasteiger partial charge in [-0.1, -0.05) is 55.5 Å². The maximum atomic E-state index is 13.9. The van der Waals surface area contributed by atoms with Crippen LogP contribution in [0.15, 0.2) is 48.5 Å². The minimum absolute atomic E-state index is 0.149. The van der Waals surface area contributed by atoms with Crippen LogP contribution < -0.4 is 5.32 Å². The molecule has 152 valence electrons. The Morgan fingerprint density at radius 1 is 0.966 bits per heavy atom. The smallest absolute Gasteiger partial charge is 0.241 e. The number of piperazine rings is 1. The van der Waals surface area contributed by atoms with E-state index in [4.69, 9.17) is 0 Å². The van der Waals surface area contributed by atoms with E-state index >= 15 is 0 Å². The number of rotatable bonds is 4. The van der Waals surface area contributed by atoms with E-state index in [1.165, 1.54) is 22.3 Å². The highest BCUT2D eigenvalue weighted by Gasteiger charge is 2.49. The van der Waals surface area contributed by atoms with Gasteiger partial charge in [0, 0.05) is 39.0 Å². The molecule has 1 unspecified atom stereocenters. The van der Waals surface area contributed by atoms with Crippen LogP contribution in [0.25, 0.3) is 0 Å². The molecule has 3 aliphatic rings. The summed E-state index contributed by atoms with van der Waals surface area (Å²) in [7, 11) is 0. The summed E-state index contributed by atoms with van der Waals surface area (Å²) in [5, 5.41) is 3.48. The zero-order valence-corrected chi connectivity index (χ0v) is 17.4. The number of hydrogen-bond donors (Lipinski definition) is 1. The summed E-state index contributed by atoms with van der Waals surface area (Å²) >= 11 is 0. The van der Waals surface area contributed by atoms with E-state index in [1.54, 1.807) is 0 Å². The molecule has 0 aromatic heterocycles. The van der Waals surface area contributed by atoms with Crippen molar-refractivity contribution in [3.05, 3.63) is 70.8 Å². The van der Waals surface area contributed by atoms with Crippen molar-refractivity contribution in [2.45, 2.75) is 44.2 Å². The molecule has 1 fully saturated rings.